The van der Waals surface area contributed by atoms with Gasteiger partial charge in [-0.2, -0.15) is 5.10 Å². The summed E-state index contributed by atoms with van der Waals surface area (Å²) in [5.41, 5.74) is 4.00. The van der Waals surface area contributed by atoms with Gasteiger partial charge in [0.1, 0.15) is 0 Å². The average molecular weight is 345 g/mol. The maximum Gasteiger partial charge on any atom is 0.360 e. The summed E-state index contributed by atoms with van der Waals surface area (Å²) in [5.74, 6) is -0.482. The van der Waals surface area contributed by atoms with Crippen molar-refractivity contribution >= 4 is 23.2 Å². The number of benzene rings is 1. The molecule has 0 radical (unpaired) electrons. The van der Waals surface area contributed by atoms with E-state index in [1.165, 1.54) is 0 Å². The minimum atomic E-state index is -0.482. The Morgan fingerprint density at radius 2 is 1.92 bits per heavy atom. The van der Waals surface area contributed by atoms with E-state index in [0.29, 0.717) is 23.0 Å². The summed E-state index contributed by atoms with van der Waals surface area (Å²) in [6.45, 7) is 5.96. The highest BCUT2D eigenvalue weighted by molar-refractivity contribution is 6.30. The molecule has 0 fully saturated rings. The van der Waals surface area contributed by atoms with Gasteiger partial charge in [-0.25, -0.2) is 9.31 Å². The zero-order valence-electron chi connectivity index (χ0n) is 13.7. The molecule has 3 rings (SSSR count). The second-order valence-corrected chi connectivity index (χ2v) is 5.91. The van der Waals surface area contributed by atoms with Crippen LogP contribution >= 0.6 is 11.6 Å². The molecule has 3 aromatic rings. The zero-order chi connectivity index (χ0) is 17.3. The number of halogens is 1. The Kier molecular flexibility index (Phi) is 4.49. The molecule has 6 nitrogen and oxygen atoms in total. The first kappa shape index (κ1) is 16.4. The van der Waals surface area contributed by atoms with Crippen LogP contribution in [0.3, 0.4) is 0 Å². The van der Waals surface area contributed by atoms with Gasteiger partial charge in [0.25, 0.3) is 0 Å². The summed E-state index contributed by atoms with van der Waals surface area (Å²) < 4.78 is 6.78. The Morgan fingerprint density at radius 3 is 2.58 bits per heavy atom. The van der Waals surface area contributed by atoms with Crippen molar-refractivity contribution in [3.8, 4) is 11.1 Å². The number of fused-ring (bicyclic) bond motifs is 1. The van der Waals surface area contributed by atoms with E-state index in [4.69, 9.17) is 16.3 Å². The van der Waals surface area contributed by atoms with Crippen molar-refractivity contribution < 1.29 is 9.53 Å². The lowest BCUT2D eigenvalue weighted by Crippen LogP contribution is -2.14. The first-order valence-corrected chi connectivity index (χ1v) is 8.06. The van der Waals surface area contributed by atoms with Gasteiger partial charge in [0.15, 0.2) is 11.3 Å². The zero-order valence-corrected chi connectivity index (χ0v) is 14.5. The van der Waals surface area contributed by atoms with Crippen LogP contribution in [0.5, 0.6) is 0 Å². The Hall–Kier alpha value is -2.47. The number of esters is 1. The predicted molar refractivity (Wildman–Crippen MR) is 91.3 cm³/mol. The van der Waals surface area contributed by atoms with Crippen LogP contribution in [0.4, 0.5) is 0 Å². The monoisotopic (exact) mass is 344 g/mol. The molecule has 0 saturated carbocycles. The molecule has 0 saturated heterocycles. The van der Waals surface area contributed by atoms with E-state index in [1.54, 1.807) is 11.4 Å². The molecular formula is C17H17ClN4O2. The molecule has 0 unspecified atom stereocenters. The van der Waals surface area contributed by atoms with E-state index in [0.717, 1.165) is 23.2 Å². The number of rotatable bonds is 4. The highest BCUT2D eigenvalue weighted by atomic mass is 35.5. The Labute approximate surface area is 144 Å². The minimum Gasteiger partial charge on any atom is -0.461 e. The summed E-state index contributed by atoms with van der Waals surface area (Å²) in [4.78, 5) is 12.1. The molecule has 7 heteroatoms. The van der Waals surface area contributed by atoms with Crippen LogP contribution < -0.4 is 0 Å². The number of nitrogens with zero attached hydrogens (tertiary/aromatic N) is 4. The van der Waals surface area contributed by atoms with Gasteiger partial charge >= 0.3 is 5.97 Å². The van der Waals surface area contributed by atoms with Crippen LogP contribution in [0.2, 0.25) is 5.02 Å². The second kappa shape index (κ2) is 6.57. The first-order valence-electron chi connectivity index (χ1n) is 7.68. The normalized spacial score (nSPS) is 11.0. The topological polar surface area (TPSA) is 69.4 Å². The SMILES string of the molecule is CCCOC(=O)c1nnc2c(-c3ccc(Cl)cc3)c(C)nn2c1C. The third-order valence-corrected chi connectivity index (χ3v) is 3.96. The third-order valence-electron chi connectivity index (χ3n) is 3.70. The van der Waals surface area contributed by atoms with Gasteiger partial charge in [-0.1, -0.05) is 30.7 Å². The van der Waals surface area contributed by atoms with E-state index in [9.17, 15) is 4.79 Å². The largest absolute Gasteiger partial charge is 0.461 e. The molecule has 124 valence electrons. The molecule has 0 aliphatic heterocycles. The maximum absolute atomic E-state index is 12.1. The van der Waals surface area contributed by atoms with Crippen molar-refractivity contribution in [3.63, 3.8) is 0 Å². The van der Waals surface area contributed by atoms with Crippen LogP contribution in [0, 0.1) is 13.8 Å². The fourth-order valence-corrected chi connectivity index (χ4v) is 2.64. The van der Waals surface area contributed by atoms with E-state index in [1.807, 2.05) is 38.1 Å². The summed E-state index contributed by atoms with van der Waals surface area (Å²) in [5, 5.41) is 13.4. The van der Waals surface area contributed by atoms with Crippen LogP contribution in [0.15, 0.2) is 24.3 Å². The summed E-state index contributed by atoms with van der Waals surface area (Å²) in [6.07, 6.45) is 0.752. The van der Waals surface area contributed by atoms with Crippen LogP contribution in [-0.4, -0.2) is 32.4 Å². The van der Waals surface area contributed by atoms with Crippen molar-refractivity contribution in [2.45, 2.75) is 27.2 Å². The molecule has 0 bridgehead atoms. The molecule has 1 aromatic carbocycles. The number of ether oxygens (including phenoxy) is 1. The van der Waals surface area contributed by atoms with Crippen molar-refractivity contribution in [2.75, 3.05) is 6.61 Å². The van der Waals surface area contributed by atoms with Crippen LogP contribution in [0.1, 0.15) is 35.2 Å². The molecule has 0 amide bonds. The molecule has 0 spiro atoms. The van der Waals surface area contributed by atoms with Gasteiger partial charge in [-0.3, -0.25) is 0 Å². The van der Waals surface area contributed by atoms with Crippen LogP contribution in [-0.2, 0) is 4.74 Å². The molecule has 24 heavy (non-hydrogen) atoms. The fourth-order valence-electron chi connectivity index (χ4n) is 2.52. The second-order valence-electron chi connectivity index (χ2n) is 5.47. The molecule has 2 aromatic heterocycles. The minimum absolute atomic E-state index is 0.182. The van der Waals surface area contributed by atoms with Crippen LogP contribution in [0.25, 0.3) is 16.8 Å². The summed E-state index contributed by atoms with van der Waals surface area (Å²) in [6, 6.07) is 7.45. The quantitative estimate of drug-likeness (QED) is 0.676. The van der Waals surface area contributed by atoms with Gasteiger partial charge in [0.2, 0.25) is 0 Å². The van der Waals surface area contributed by atoms with Crippen molar-refractivity contribution in [1.82, 2.24) is 19.8 Å². The number of aryl methyl sites for hydroxylation is 2. The average Bonchev–Trinajstić information content (AvgIpc) is 2.91. The third kappa shape index (κ3) is 2.85. The van der Waals surface area contributed by atoms with Gasteiger partial charge in [-0.05, 0) is 38.0 Å². The molecule has 0 aliphatic carbocycles. The molecule has 0 aliphatic rings. The van der Waals surface area contributed by atoms with Crippen molar-refractivity contribution in [3.05, 3.63) is 46.4 Å². The Morgan fingerprint density at radius 1 is 1.21 bits per heavy atom. The van der Waals surface area contributed by atoms with Gasteiger partial charge in [-0.15, -0.1) is 10.2 Å². The van der Waals surface area contributed by atoms with Crippen molar-refractivity contribution in [1.29, 1.82) is 0 Å². The lowest BCUT2D eigenvalue weighted by molar-refractivity contribution is 0.0495. The van der Waals surface area contributed by atoms with Crippen molar-refractivity contribution in [2.24, 2.45) is 0 Å². The van der Waals surface area contributed by atoms with E-state index < -0.39 is 5.97 Å². The van der Waals surface area contributed by atoms with E-state index >= 15 is 0 Å². The highest BCUT2D eigenvalue weighted by Crippen LogP contribution is 2.28. The highest BCUT2D eigenvalue weighted by Gasteiger charge is 2.20. The number of hydrogen-bond donors (Lipinski definition) is 0. The first-order chi connectivity index (χ1) is 11.5. The Balaban J connectivity index is 2.11. The molecule has 0 atom stereocenters. The lowest BCUT2D eigenvalue weighted by Gasteiger charge is -2.06. The van der Waals surface area contributed by atoms with Gasteiger partial charge in [0, 0.05) is 5.02 Å². The van der Waals surface area contributed by atoms with E-state index in [-0.39, 0.29) is 5.69 Å². The molecule has 2 heterocycles. The number of carbonyl (C=O) groups excluding carboxylic acids is 1. The molecular weight excluding hydrogens is 328 g/mol. The van der Waals surface area contributed by atoms with Gasteiger partial charge < -0.3 is 4.74 Å². The molecule has 0 N–H and O–H groups in total. The number of aromatic nitrogens is 4. The maximum atomic E-state index is 12.1. The lowest BCUT2D eigenvalue weighted by atomic mass is 10.1. The Bertz CT molecular complexity index is 903. The van der Waals surface area contributed by atoms with Gasteiger partial charge in [0.05, 0.1) is 23.6 Å². The fraction of sp³-hybridized carbons (Fsp3) is 0.294. The van der Waals surface area contributed by atoms with E-state index in [2.05, 4.69) is 15.3 Å². The number of hydrogen-bond acceptors (Lipinski definition) is 5. The number of carbonyl (C=O) groups is 1. The smallest absolute Gasteiger partial charge is 0.360 e. The predicted octanol–water partition coefficient (Wildman–Crippen LogP) is 3.63. The standard InChI is InChI=1S/C17H17ClN4O2/c1-4-9-24-17(23)15-11(3)22-16(20-19-15)14(10(2)21-22)12-5-7-13(18)8-6-12/h5-8H,4,9H2,1-3H3. The summed E-state index contributed by atoms with van der Waals surface area (Å²) >= 11 is 5.95. The summed E-state index contributed by atoms with van der Waals surface area (Å²) in [7, 11) is 0.